The molecule has 1 aromatic heterocycles. The highest BCUT2D eigenvalue weighted by molar-refractivity contribution is 5.62. The highest BCUT2D eigenvalue weighted by Crippen LogP contribution is 2.36. The molecule has 0 unspecified atom stereocenters. The normalized spacial score (nSPS) is 12.6. The molecule has 154 valence electrons. The maximum Gasteiger partial charge on any atom is 0.423 e. The van der Waals surface area contributed by atoms with E-state index in [-0.39, 0.29) is 5.95 Å². The van der Waals surface area contributed by atoms with Gasteiger partial charge in [0.15, 0.2) is 6.61 Å². The van der Waals surface area contributed by atoms with Crippen LogP contribution in [0.25, 0.3) is 0 Å². The van der Waals surface area contributed by atoms with Gasteiger partial charge in [-0.05, 0) is 32.9 Å². The summed E-state index contributed by atoms with van der Waals surface area (Å²) < 4.78 is 86.0. The second-order valence-electron chi connectivity index (χ2n) is 6.65. The van der Waals surface area contributed by atoms with Gasteiger partial charge in [0.2, 0.25) is 11.8 Å². The lowest BCUT2D eigenvalue weighted by atomic mass is 10.2. The van der Waals surface area contributed by atoms with Crippen LogP contribution in [0.15, 0.2) is 30.5 Å². The average molecular weight is 409 g/mol. The number of nitrogens with one attached hydrogen (secondary N) is 1. The third-order valence-corrected chi connectivity index (χ3v) is 2.98. The topological polar surface area (TPSA) is 56.3 Å². The Morgan fingerprint density at radius 3 is 2.21 bits per heavy atom. The fourth-order valence-electron chi connectivity index (χ4n) is 1.99. The van der Waals surface area contributed by atoms with Crippen molar-refractivity contribution in [3.63, 3.8) is 0 Å². The molecule has 0 spiro atoms. The quantitative estimate of drug-likeness (QED) is 0.674. The average Bonchev–Trinajstić information content (AvgIpc) is 2.52. The molecule has 1 heterocycles. The summed E-state index contributed by atoms with van der Waals surface area (Å²) in [5.41, 5.74) is -1.76. The molecule has 0 amide bonds. The fourth-order valence-corrected chi connectivity index (χ4v) is 1.99. The maximum absolute atomic E-state index is 13.0. The summed E-state index contributed by atoms with van der Waals surface area (Å²) in [5.74, 6) is -1.25. The van der Waals surface area contributed by atoms with Crippen molar-refractivity contribution < 1.29 is 35.8 Å². The Bertz CT molecular complexity index is 816. The van der Waals surface area contributed by atoms with Gasteiger partial charge in [0.25, 0.3) is 0 Å². The van der Waals surface area contributed by atoms with Crippen LogP contribution in [-0.2, 0) is 6.18 Å². The van der Waals surface area contributed by atoms with E-state index in [4.69, 9.17) is 4.74 Å². The van der Waals surface area contributed by atoms with Crippen LogP contribution in [0.2, 0.25) is 0 Å². The molecule has 0 fully saturated rings. The molecule has 0 atom stereocenters. The van der Waals surface area contributed by atoms with Crippen molar-refractivity contribution in [1.82, 2.24) is 9.97 Å². The molecular weight excluding hydrogens is 392 g/mol. The van der Waals surface area contributed by atoms with Crippen LogP contribution >= 0.6 is 0 Å². The van der Waals surface area contributed by atoms with Gasteiger partial charge in [-0.25, -0.2) is 4.98 Å². The molecule has 11 heteroatoms. The van der Waals surface area contributed by atoms with Crippen LogP contribution in [0.4, 0.5) is 38.0 Å². The van der Waals surface area contributed by atoms with E-state index >= 15 is 0 Å². The van der Waals surface area contributed by atoms with Crippen LogP contribution in [0.5, 0.6) is 11.6 Å². The van der Waals surface area contributed by atoms with Gasteiger partial charge in [0.1, 0.15) is 16.9 Å². The lowest BCUT2D eigenvalue weighted by Gasteiger charge is -2.23. The third-order valence-electron chi connectivity index (χ3n) is 2.98. The van der Waals surface area contributed by atoms with Crippen molar-refractivity contribution in [3.05, 3.63) is 36.0 Å². The molecule has 0 aliphatic carbocycles. The number of halogens is 6. The molecule has 28 heavy (non-hydrogen) atoms. The Balaban J connectivity index is 2.35. The lowest BCUT2D eigenvalue weighted by Crippen LogP contribution is -2.23. The van der Waals surface area contributed by atoms with Crippen LogP contribution in [0.3, 0.4) is 0 Å². The monoisotopic (exact) mass is 409 g/mol. The Morgan fingerprint density at radius 1 is 1.00 bits per heavy atom. The number of alkyl halides is 6. The van der Waals surface area contributed by atoms with Crippen molar-refractivity contribution in [2.75, 3.05) is 11.9 Å². The molecular formula is C17H17F6N3O2. The Kier molecular flexibility index (Phi) is 5.95. The first-order valence-corrected chi connectivity index (χ1v) is 7.93. The fraction of sp³-hybridized carbons (Fsp3) is 0.412. The highest BCUT2D eigenvalue weighted by atomic mass is 19.4. The van der Waals surface area contributed by atoms with Gasteiger partial charge in [0, 0.05) is 6.20 Å². The molecule has 0 radical (unpaired) electrons. The molecule has 2 aromatic rings. The van der Waals surface area contributed by atoms with Gasteiger partial charge in [0.05, 0.1) is 5.69 Å². The van der Waals surface area contributed by atoms with E-state index in [1.54, 1.807) is 45.0 Å². The van der Waals surface area contributed by atoms with Crippen LogP contribution in [0, 0.1) is 0 Å². The van der Waals surface area contributed by atoms with E-state index < -0.39 is 36.0 Å². The van der Waals surface area contributed by atoms with Crippen molar-refractivity contribution >= 4 is 11.6 Å². The minimum absolute atomic E-state index is 0.318. The second kappa shape index (κ2) is 7.72. The first-order chi connectivity index (χ1) is 12.7. The van der Waals surface area contributed by atoms with E-state index in [1.807, 2.05) is 0 Å². The summed E-state index contributed by atoms with van der Waals surface area (Å²) in [6.07, 6.45) is -9.45. The number of aromatic nitrogens is 2. The Labute approximate surface area is 156 Å². The van der Waals surface area contributed by atoms with E-state index in [0.29, 0.717) is 17.6 Å². The number of hydrogen-bond donors (Lipinski definition) is 1. The van der Waals surface area contributed by atoms with E-state index in [1.165, 1.54) is 0 Å². The Morgan fingerprint density at radius 2 is 1.64 bits per heavy atom. The molecule has 0 aliphatic rings. The summed E-state index contributed by atoms with van der Waals surface area (Å²) in [5, 5.41) is 2.64. The van der Waals surface area contributed by atoms with Crippen LogP contribution in [-0.4, -0.2) is 28.4 Å². The van der Waals surface area contributed by atoms with Gasteiger partial charge in [-0.1, -0.05) is 12.1 Å². The van der Waals surface area contributed by atoms with Crippen LogP contribution < -0.4 is 14.8 Å². The predicted molar refractivity (Wildman–Crippen MR) is 88.7 cm³/mol. The first kappa shape index (κ1) is 21.6. The first-order valence-electron chi connectivity index (χ1n) is 7.93. The van der Waals surface area contributed by atoms with Gasteiger partial charge >= 0.3 is 12.4 Å². The van der Waals surface area contributed by atoms with Crippen molar-refractivity contribution in [2.24, 2.45) is 0 Å². The molecule has 1 N–H and O–H groups in total. The largest absolute Gasteiger partial charge is 0.486 e. The summed E-state index contributed by atoms with van der Waals surface area (Å²) >= 11 is 0. The van der Waals surface area contributed by atoms with Gasteiger partial charge in [-0.15, -0.1) is 0 Å². The minimum Gasteiger partial charge on any atom is -0.486 e. The SMILES string of the molecule is CC(C)(C)Oc1ccccc1Nc1ncc(C(F)(F)F)c(OCC(F)(F)F)n1. The summed E-state index contributed by atoms with van der Waals surface area (Å²) in [6, 6.07) is 6.47. The van der Waals surface area contributed by atoms with E-state index in [2.05, 4.69) is 20.0 Å². The van der Waals surface area contributed by atoms with E-state index in [9.17, 15) is 26.3 Å². The standard InChI is InChI=1S/C17H17F6N3O2/c1-15(2,3)28-12-7-5-4-6-11(12)25-14-24-8-10(17(21,22)23)13(26-14)27-9-16(18,19)20/h4-8H,9H2,1-3H3,(H,24,25,26). The summed E-state index contributed by atoms with van der Waals surface area (Å²) in [6.45, 7) is 3.46. The summed E-state index contributed by atoms with van der Waals surface area (Å²) in [4.78, 5) is 6.98. The molecule has 0 bridgehead atoms. The second-order valence-corrected chi connectivity index (χ2v) is 6.65. The zero-order chi connectivity index (χ0) is 21.2. The number of ether oxygens (including phenoxy) is 2. The number of para-hydroxylation sites is 2. The lowest BCUT2D eigenvalue weighted by molar-refractivity contribution is -0.159. The van der Waals surface area contributed by atoms with Gasteiger partial charge in [-0.3, -0.25) is 0 Å². The molecule has 5 nitrogen and oxygen atoms in total. The smallest absolute Gasteiger partial charge is 0.423 e. The zero-order valence-corrected chi connectivity index (χ0v) is 15.1. The van der Waals surface area contributed by atoms with Crippen LogP contribution in [0.1, 0.15) is 26.3 Å². The number of nitrogens with zero attached hydrogens (tertiary/aromatic N) is 2. The maximum atomic E-state index is 13.0. The predicted octanol–water partition coefficient (Wildman–Crippen LogP) is 5.36. The number of hydrogen-bond acceptors (Lipinski definition) is 5. The number of rotatable bonds is 5. The molecule has 1 aromatic carbocycles. The number of anilines is 2. The summed E-state index contributed by atoms with van der Waals surface area (Å²) in [7, 11) is 0. The minimum atomic E-state index is -4.98. The third kappa shape index (κ3) is 6.46. The van der Waals surface area contributed by atoms with Gasteiger partial charge < -0.3 is 14.8 Å². The van der Waals surface area contributed by atoms with Gasteiger partial charge in [-0.2, -0.15) is 31.3 Å². The van der Waals surface area contributed by atoms with Crippen molar-refractivity contribution in [2.45, 2.75) is 38.7 Å². The molecule has 0 saturated heterocycles. The van der Waals surface area contributed by atoms with Crippen molar-refractivity contribution in [1.29, 1.82) is 0 Å². The van der Waals surface area contributed by atoms with E-state index in [0.717, 1.165) is 0 Å². The molecule has 2 rings (SSSR count). The molecule has 0 aliphatic heterocycles. The number of benzene rings is 1. The van der Waals surface area contributed by atoms with Crippen molar-refractivity contribution in [3.8, 4) is 11.6 Å². The zero-order valence-electron chi connectivity index (χ0n) is 15.1. The molecule has 0 saturated carbocycles. The Hall–Kier alpha value is -2.72. The highest BCUT2D eigenvalue weighted by Gasteiger charge is 2.38.